The third kappa shape index (κ3) is 2.70. The van der Waals surface area contributed by atoms with Crippen LogP contribution in [0, 0.1) is 11.3 Å². The maximum absolute atomic E-state index is 9.60. The van der Waals surface area contributed by atoms with E-state index in [-0.39, 0.29) is 0 Å². The monoisotopic (exact) mass is 345 g/mol. The van der Waals surface area contributed by atoms with Crippen LogP contribution in [-0.4, -0.2) is 25.7 Å². The highest BCUT2D eigenvalue weighted by atomic mass is 16.5. The molecule has 0 saturated heterocycles. The Morgan fingerprint density at radius 1 is 1.04 bits per heavy atom. The predicted molar refractivity (Wildman–Crippen MR) is 101 cm³/mol. The van der Waals surface area contributed by atoms with Crippen LogP contribution in [0.25, 0.3) is 10.9 Å². The van der Waals surface area contributed by atoms with Gasteiger partial charge in [0.1, 0.15) is 11.9 Å². The molecule has 2 aromatic carbocycles. The molecular formula is C21H19N3O2. The number of hydrogen-bond acceptors (Lipinski definition) is 5. The quantitative estimate of drug-likeness (QED) is 0.725. The maximum atomic E-state index is 9.60. The Kier molecular flexibility index (Phi) is 4.10. The molecule has 0 radical (unpaired) electrons. The summed E-state index contributed by atoms with van der Waals surface area (Å²) in [5.74, 6) is 2.22. The molecule has 130 valence electrons. The van der Waals surface area contributed by atoms with Gasteiger partial charge in [0, 0.05) is 18.5 Å². The highest BCUT2D eigenvalue weighted by molar-refractivity contribution is 5.83. The van der Waals surface area contributed by atoms with Gasteiger partial charge in [-0.25, -0.2) is 4.98 Å². The zero-order chi connectivity index (χ0) is 18.1. The van der Waals surface area contributed by atoms with Crippen molar-refractivity contribution in [2.45, 2.75) is 13.0 Å². The van der Waals surface area contributed by atoms with Crippen molar-refractivity contribution in [3.05, 3.63) is 59.2 Å². The van der Waals surface area contributed by atoms with Crippen LogP contribution in [-0.2, 0) is 13.0 Å². The zero-order valence-corrected chi connectivity index (χ0v) is 14.8. The van der Waals surface area contributed by atoms with E-state index in [2.05, 4.69) is 11.0 Å². The SMILES string of the molecule is COc1cc2c(cc1OC)CN(c1nc3ccccc3cc1C#N)CC2. The van der Waals surface area contributed by atoms with Crippen molar-refractivity contribution < 1.29 is 9.47 Å². The fraction of sp³-hybridized carbons (Fsp3) is 0.238. The molecule has 0 N–H and O–H groups in total. The number of ether oxygens (including phenoxy) is 2. The fourth-order valence-electron chi connectivity index (χ4n) is 3.49. The molecule has 0 aliphatic carbocycles. The van der Waals surface area contributed by atoms with Gasteiger partial charge in [-0.2, -0.15) is 5.26 Å². The Labute approximate surface area is 152 Å². The van der Waals surface area contributed by atoms with Gasteiger partial charge >= 0.3 is 0 Å². The van der Waals surface area contributed by atoms with Crippen molar-refractivity contribution in [1.82, 2.24) is 4.98 Å². The maximum Gasteiger partial charge on any atom is 0.161 e. The number of nitriles is 1. The highest BCUT2D eigenvalue weighted by Crippen LogP contribution is 2.35. The number of para-hydroxylation sites is 1. The summed E-state index contributed by atoms with van der Waals surface area (Å²) in [6.45, 7) is 1.50. The van der Waals surface area contributed by atoms with Crippen molar-refractivity contribution in [3.63, 3.8) is 0 Å². The average Bonchev–Trinajstić information content (AvgIpc) is 2.71. The number of anilines is 1. The number of aromatic nitrogens is 1. The van der Waals surface area contributed by atoms with E-state index in [1.807, 2.05) is 42.5 Å². The van der Waals surface area contributed by atoms with Crippen LogP contribution in [0.4, 0.5) is 5.82 Å². The molecule has 0 spiro atoms. The number of fused-ring (bicyclic) bond motifs is 2. The minimum atomic E-state index is 0.604. The van der Waals surface area contributed by atoms with Crippen LogP contribution in [0.1, 0.15) is 16.7 Å². The average molecular weight is 345 g/mol. The Morgan fingerprint density at radius 3 is 2.50 bits per heavy atom. The summed E-state index contributed by atoms with van der Waals surface area (Å²) in [5, 5.41) is 10.6. The van der Waals surface area contributed by atoms with Gasteiger partial charge in [0.25, 0.3) is 0 Å². The molecule has 0 amide bonds. The first-order valence-electron chi connectivity index (χ1n) is 8.52. The van der Waals surface area contributed by atoms with Gasteiger partial charge in [0.05, 0.1) is 25.3 Å². The number of pyridine rings is 1. The lowest BCUT2D eigenvalue weighted by molar-refractivity contribution is 0.353. The molecule has 1 aliphatic heterocycles. The standard InChI is InChI=1S/C21H19N3O2/c1-25-19-10-14-7-8-24(13-17(14)11-20(19)26-2)21-16(12-22)9-15-5-3-4-6-18(15)23-21/h3-6,9-11H,7-8,13H2,1-2H3. The fourth-order valence-corrected chi connectivity index (χ4v) is 3.49. The van der Waals surface area contributed by atoms with Crippen molar-refractivity contribution in [2.24, 2.45) is 0 Å². The summed E-state index contributed by atoms with van der Waals surface area (Å²) in [6, 6.07) is 16.2. The highest BCUT2D eigenvalue weighted by Gasteiger charge is 2.22. The number of nitrogens with zero attached hydrogens (tertiary/aromatic N) is 3. The molecule has 1 aliphatic rings. The second kappa shape index (κ2) is 6.57. The summed E-state index contributed by atoms with van der Waals surface area (Å²) >= 11 is 0. The van der Waals surface area contributed by atoms with Crippen molar-refractivity contribution in [2.75, 3.05) is 25.7 Å². The van der Waals surface area contributed by atoms with Crippen molar-refractivity contribution in [1.29, 1.82) is 5.26 Å². The summed E-state index contributed by atoms with van der Waals surface area (Å²) in [5.41, 5.74) is 3.93. The van der Waals surface area contributed by atoms with Crippen molar-refractivity contribution in [3.8, 4) is 17.6 Å². The van der Waals surface area contributed by atoms with Crippen LogP contribution in [0.5, 0.6) is 11.5 Å². The van der Waals surface area contributed by atoms with Crippen molar-refractivity contribution >= 4 is 16.7 Å². The minimum absolute atomic E-state index is 0.604. The van der Waals surface area contributed by atoms with E-state index in [9.17, 15) is 5.26 Å². The van der Waals surface area contributed by atoms with Gasteiger partial charge in [-0.3, -0.25) is 0 Å². The van der Waals surface area contributed by atoms with Crippen LogP contribution >= 0.6 is 0 Å². The molecule has 0 bridgehead atoms. The summed E-state index contributed by atoms with van der Waals surface area (Å²) < 4.78 is 10.8. The van der Waals surface area contributed by atoms with Crippen LogP contribution in [0.3, 0.4) is 0 Å². The first kappa shape index (κ1) is 16.2. The van der Waals surface area contributed by atoms with E-state index >= 15 is 0 Å². The largest absolute Gasteiger partial charge is 0.493 e. The first-order valence-corrected chi connectivity index (χ1v) is 8.52. The van der Waals surface area contributed by atoms with E-state index in [0.717, 1.165) is 41.2 Å². The number of rotatable bonds is 3. The van der Waals surface area contributed by atoms with Crippen LogP contribution < -0.4 is 14.4 Å². The van der Waals surface area contributed by atoms with Gasteiger partial charge in [0.2, 0.25) is 0 Å². The van der Waals surface area contributed by atoms with Crippen LogP contribution in [0.2, 0.25) is 0 Å². The molecule has 0 fully saturated rings. The molecule has 2 heterocycles. The smallest absolute Gasteiger partial charge is 0.161 e. The third-order valence-corrected chi connectivity index (χ3v) is 4.84. The first-order chi connectivity index (χ1) is 12.7. The Hall–Kier alpha value is -3.26. The third-order valence-electron chi connectivity index (χ3n) is 4.84. The summed E-state index contributed by atoms with van der Waals surface area (Å²) in [6.07, 6.45) is 0.870. The number of benzene rings is 2. The topological polar surface area (TPSA) is 58.4 Å². The van der Waals surface area contributed by atoms with E-state index in [1.165, 1.54) is 11.1 Å². The Morgan fingerprint density at radius 2 is 1.77 bits per heavy atom. The minimum Gasteiger partial charge on any atom is -0.493 e. The lowest BCUT2D eigenvalue weighted by Crippen LogP contribution is -2.31. The normalized spacial score (nSPS) is 13.2. The summed E-state index contributed by atoms with van der Waals surface area (Å²) in [4.78, 5) is 6.93. The second-order valence-corrected chi connectivity index (χ2v) is 6.31. The molecule has 5 nitrogen and oxygen atoms in total. The molecule has 26 heavy (non-hydrogen) atoms. The number of methoxy groups -OCH3 is 2. The molecule has 5 heteroatoms. The van der Waals surface area contributed by atoms with Gasteiger partial charge < -0.3 is 14.4 Å². The van der Waals surface area contributed by atoms with Gasteiger partial charge in [-0.1, -0.05) is 18.2 Å². The molecule has 0 unspecified atom stereocenters. The van der Waals surface area contributed by atoms with Gasteiger partial charge in [0.15, 0.2) is 11.5 Å². The predicted octanol–water partition coefficient (Wildman–Crippen LogP) is 3.69. The molecule has 4 rings (SSSR count). The lowest BCUT2D eigenvalue weighted by Gasteiger charge is -2.31. The molecule has 1 aromatic heterocycles. The molecular weight excluding hydrogens is 326 g/mol. The lowest BCUT2D eigenvalue weighted by atomic mass is 9.98. The molecule has 0 atom stereocenters. The van der Waals surface area contributed by atoms with E-state index < -0.39 is 0 Å². The van der Waals surface area contributed by atoms with Gasteiger partial charge in [-0.05, 0) is 41.8 Å². The summed E-state index contributed by atoms with van der Waals surface area (Å²) in [7, 11) is 3.29. The van der Waals surface area contributed by atoms with Gasteiger partial charge in [-0.15, -0.1) is 0 Å². The van der Waals surface area contributed by atoms with E-state index in [0.29, 0.717) is 12.1 Å². The zero-order valence-electron chi connectivity index (χ0n) is 14.8. The molecule has 3 aromatic rings. The van der Waals surface area contributed by atoms with E-state index in [1.54, 1.807) is 14.2 Å². The van der Waals surface area contributed by atoms with E-state index in [4.69, 9.17) is 14.5 Å². The Balaban J connectivity index is 1.75. The number of hydrogen-bond donors (Lipinski definition) is 0. The molecule has 0 saturated carbocycles. The van der Waals surface area contributed by atoms with Crippen LogP contribution in [0.15, 0.2) is 42.5 Å². The Bertz CT molecular complexity index is 1020. The second-order valence-electron chi connectivity index (χ2n) is 6.31.